The number of aryl methyl sites for hydroxylation is 1. The maximum atomic E-state index is 4.08. The quantitative estimate of drug-likeness (QED) is 0.868. The molecule has 1 fully saturated rings. The topological polar surface area (TPSA) is 42.7 Å². The van der Waals surface area contributed by atoms with Crippen molar-refractivity contribution in [2.45, 2.75) is 32.9 Å². The first-order chi connectivity index (χ1) is 7.57. The third-order valence-electron chi connectivity index (χ3n) is 2.96. The van der Waals surface area contributed by atoms with Crippen LogP contribution in [0.4, 0.5) is 0 Å². The smallest absolute Gasteiger partial charge is 0.146 e. The molecule has 1 aliphatic rings. The average Bonchev–Trinajstić information content (AvgIpc) is 2.60. The van der Waals surface area contributed by atoms with Gasteiger partial charge < -0.3 is 9.88 Å². The molecule has 0 aromatic carbocycles. The third-order valence-corrected chi connectivity index (χ3v) is 4.59. The molecule has 0 saturated carbocycles. The molecule has 1 unspecified atom stereocenters. The van der Waals surface area contributed by atoms with Crippen LogP contribution in [0.15, 0.2) is 6.33 Å². The van der Waals surface area contributed by atoms with E-state index < -0.39 is 0 Å². The highest BCUT2D eigenvalue weighted by Crippen LogP contribution is 2.33. The van der Waals surface area contributed by atoms with E-state index in [2.05, 4.69) is 29.4 Å². The van der Waals surface area contributed by atoms with E-state index in [1.54, 1.807) is 6.33 Å². The van der Waals surface area contributed by atoms with E-state index in [9.17, 15) is 0 Å². The molecule has 5 heteroatoms. The predicted molar refractivity (Wildman–Crippen MR) is 67.4 cm³/mol. The van der Waals surface area contributed by atoms with Gasteiger partial charge in [0.15, 0.2) is 0 Å². The summed E-state index contributed by atoms with van der Waals surface area (Å²) in [5.41, 5.74) is 0.459. The number of rotatable bonds is 3. The largest absolute Gasteiger partial charge is 0.320 e. The zero-order chi connectivity index (χ0) is 11.6. The van der Waals surface area contributed by atoms with Gasteiger partial charge in [-0.25, -0.2) is 0 Å². The number of thioether (sulfide) groups is 1. The molecule has 2 rings (SSSR count). The van der Waals surface area contributed by atoms with Crippen molar-refractivity contribution in [1.29, 1.82) is 0 Å². The summed E-state index contributed by atoms with van der Waals surface area (Å²) in [7, 11) is 1.98. The molecule has 0 amide bonds. The fraction of sp³-hybridized carbons (Fsp3) is 0.818. The molecule has 2 heterocycles. The number of hydrogen-bond donors (Lipinski definition) is 1. The highest BCUT2D eigenvalue weighted by molar-refractivity contribution is 7.99. The van der Waals surface area contributed by atoms with Crippen molar-refractivity contribution >= 4 is 11.8 Å². The first-order valence-electron chi connectivity index (χ1n) is 5.71. The van der Waals surface area contributed by atoms with Gasteiger partial charge in [-0.3, -0.25) is 0 Å². The average molecular weight is 240 g/mol. The number of nitrogens with zero attached hydrogens (tertiary/aromatic N) is 3. The van der Waals surface area contributed by atoms with Crippen LogP contribution < -0.4 is 5.32 Å². The third kappa shape index (κ3) is 2.98. The number of nitrogens with one attached hydrogen (secondary N) is 1. The Morgan fingerprint density at radius 1 is 1.62 bits per heavy atom. The van der Waals surface area contributed by atoms with Gasteiger partial charge in [-0.2, -0.15) is 11.8 Å². The van der Waals surface area contributed by atoms with E-state index in [0.717, 1.165) is 12.4 Å². The maximum absolute atomic E-state index is 4.08. The minimum Gasteiger partial charge on any atom is -0.320 e. The minimum atomic E-state index is 0.459. The van der Waals surface area contributed by atoms with Crippen LogP contribution in [0, 0.1) is 5.41 Å². The van der Waals surface area contributed by atoms with E-state index >= 15 is 0 Å². The van der Waals surface area contributed by atoms with E-state index in [-0.39, 0.29) is 0 Å². The summed E-state index contributed by atoms with van der Waals surface area (Å²) in [6.07, 6.45) is 2.99. The molecule has 1 aromatic heterocycles. The lowest BCUT2D eigenvalue weighted by atomic mass is 9.88. The highest BCUT2D eigenvalue weighted by atomic mass is 32.2. The molecular weight excluding hydrogens is 220 g/mol. The Morgan fingerprint density at radius 2 is 2.44 bits per heavy atom. The first-order valence-corrected chi connectivity index (χ1v) is 6.86. The van der Waals surface area contributed by atoms with Crippen molar-refractivity contribution in [1.82, 2.24) is 20.1 Å². The van der Waals surface area contributed by atoms with Gasteiger partial charge in [-0.15, -0.1) is 10.2 Å². The molecule has 1 saturated heterocycles. The van der Waals surface area contributed by atoms with Gasteiger partial charge in [-0.1, -0.05) is 13.8 Å². The van der Waals surface area contributed by atoms with Crippen molar-refractivity contribution < 1.29 is 0 Å². The lowest BCUT2D eigenvalue weighted by Crippen LogP contribution is -2.40. The molecular formula is C11H20N4S. The van der Waals surface area contributed by atoms with Crippen LogP contribution in [0.1, 0.15) is 26.1 Å². The first kappa shape index (κ1) is 11.9. The van der Waals surface area contributed by atoms with Gasteiger partial charge in [0.05, 0.1) is 6.54 Å². The zero-order valence-corrected chi connectivity index (χ0v) is 11.0. The summed E-state index contributed by atoms with van der Waals surface area (Å²) in [5.74, 6) is 3.49. The van der Waals surface area contributed by atoms with Crippen molar-refractivity contribution in [2.75, 3.05) is 11.5 Å². The summed E-state index contributed by atoms with van der Waals surface area (Å²) in [4.78, 5) is 0. The summed E-state index contributed by atoms with van der Waals surface area (Å²) in [5, 5.41) is 11.5. The predicted octanol–water partition coefficient (Wildman–Crippen LogP) is 1.44. The summed E-state index contributed by atoms with van der Waals surface area (Å²) in [6, 6.07) is 0.602. The van der Waals surface area contributed by atoms with Crippen LogP contribution in [0.2, 0.25) is 0 Å². The Bertz CT molecular complexity index is 348. The van der Waals surface area contributed by atoms with Gasteiger partial charge >= 0.3 is 0 Å². The Labute approximate surface area is 101 Å². The molecule has 1 aromatic rings. The van der Waals surface area contributed by atoms with Crippen molar-refractivity contribution in [3.05, 3.63) is 12.2 Å². The van der Waals surface area contributed by atoms with Crippen LogP contribution in [0.3, 0.4) is 0 Å². The van der Waals surface area contributed by atoms with Crippen molar-refractivity contribution in [2.24, 2.45) is 12.5 Å². The second kappa shape index (κ2) is 4.75. The Hall–Kier alpha value is -0.550. The molecule has 0 aliphatic carbocycles. The molecule has 16 heavy (non-hydrogen) atoms. The van der Waals surface area contributed by atoms with Gasteiger partial charge in [0.25, 0.3) is 0 Å². The molecule has 0 radical (unpaired) electrons. The highest BCUT2D eigenvalue weighted by Gasteiger charge is 2.28. The van der Waals surface area contributed by atoms with Crippen LogP contribution in [-0.4, -0.2) is 32.3 Å². The Kier molecular flexibility index (Phi) is 3.54. The van der Waals surface area contributed by atoms with Gasteiger partial charge in [0.1, 0.15) is 12.2 Å². The Morgan fingerprint density at radius 3 is 3.06 bits per heavy atom. The zero-order valence-electron chi connectivity index (χ0n) is 10.2. The second-order valence-corrected chi connectivity index (χ2v) is 6.35. The van der Waals surface area contributed by atoms with Crippen LogP contribution in [0.5, 0.6) is 0 Å². The van der Waals surface area contributed by atoms with E-state index in [0.29, 0.717) is 11.5 Å². The van der Waals surface area contributed by atoms with Crippen LogP contribution >= 0.6 is 11.8 Å². The van der Waals surface area contributed by atoms with Gasteiger partial charge in [0, 0.05) is 18.8 Å². The number of aromatic nitrogens is 3. The lowest BCUT2D eigenvalue weighted by molar-refractivity contribution is 0.315. The molecule has 0 spiro atoms. The monoisotopic (exact) mass is 240 g/mol. The molecule has 1 aliphatic heterocycles. The van der Waals surface area contributed by atoms with E-state index in [4.69, 9.17) is 0 Å². The lowest BCUT2D eigenvalue weighted by Gasteiger charge is -2.35. The molecule has 1 atom stereocenters. The van der Waals surface area contributed by atoms with Crippen LogP contribution in [0.25, 0.3) is 0 Å². The normalized spacial score (nSPS) is 24.6. The summed E-state index contributed by atoms with van der Waals surface area (Å²) in [6.45, 7) is 5.50. The molecule has 4 nitrogen and oxygen atoms in total. The minimum absolute atomic E-state index is 0.459. The van der Waals surface area contributed by atoms with Gasteiger partial charge in [-0.05, 0) is 17.6 Å². The van der Waals surface area contributed by atoms with Crippen molar-refractivity contribution in [3.63, 3.8) is 0 Å². The fourth-order valence-electron chi connectivity index (χ4n) is 2.10. The van der Waals surface area contributed by atoms with Crippen molar-refractivity contribution in [3.8, 4) is 0 Å². The second-order valence-electron chi connectivity index (χ2n) is 5.32. The van der Waals surface area contributed by atoms with E-state index in [1.165, 1.54) is 17.9 Å². The SMILES string of the molecule is Cn1cnnc1CNC1CSCC(C)(C)C1. The standard InChI is InChI=1S/C11H20N4S/c1-11(2)4-9(6-16-7-11)12-5-10-14-13-8-15(10)3/h8-9,12H,4-7H2,1-3H3. The summed E-state index contributed by atoms with van der Waals surface area (Å²) >= 11 is 2.05. The molecule has 90 valence electrons. The number of hydrogen-bond acceptors (Lipinski definition) is 4. The Balaban J connectivity index is 1.84. The van der Waals surface area contributed by atoms with Gasteiger partial charge in [0.2, 0.25) is 0 Å². The van der Waals surface area contributed by atoms with E-state index in [1.807, 2.05) is 23.4 Å². The van der Waals surface area contributed by atoms with Crippen LogP contribution in [-0.2, 0) is 13.6 Å². The molecule has 1 N–H and O–H groups in total. The summed E-state index contributed by atoms with van der Waals surface area (Å²) < 4.78 is 1.97. The fourth-order valence-corrected chi connectivity index (χ4v) is 3.40. The molecule has 0 bridgehead atoms. The maximum Gasteiger partial charge on any atom is 0.146 e.